The lowest BCUT2D eigenvalue weighted by Gasteiger charge is -2.11. The Morgan fingerprint density at radius 2 is 1.90 bits per heavy atom. The molecule has 0 aliphatic carbocycles. The maximum atomic E-state index is 11.2. The molecule has 0 aliphatic rings. The van der Waals surface area contributed by atoms with Gasteiger partial charge in [-0.1, -0.05) is 23.7 Å². The smallest absolute Gasteiger partial charge is 0.248 e. The number of amides is 1. The maximum absolute atomic E-state index is 11.2. The molecule has 29 heavy (non-hydrogen) atoms. The Labute approximate surface area is 173 Å². The van der Waals surface area contributed by atoms with Crippen molar-refractivity contribution in [2.24, 2.45) is 5.73 Å². The van der Waals surface area contributed by atoms with E-state index in [1.807, 2.05) is 13.0 Å². The highest BCUT2D eigenvalue weighted by atomic mass is 35.5. The van der Waals surface area contributed by atoms with E-state index < -0.39 is 5.91 Å². The number of nitrogens with two attached hydrogens (primary N) is 1. The third-order valence-electron chi connectivity index (χ3n) is 4.20. The van der Waals surface area contributed by atoms with Gasteiger partial charge >= 0.3 is 0 Å². The van der Waals surface area contributed by atoms with Crippen LogP contribution in [0.3, 0.4) is 0 Å². The molecule has 2 aromatic carbocycles. The molecule has 0 atom stereocenters. The van der Waals surface area contributed by atoms with E-state index in [2.05, 4.69) is 5.10 Å². The van der Waals surface area contributed by atoms with Gasteiger partial charge in [0.2, 0.25) is 11.8 Å². The second kappa shape index (κ2) is 9.34. The lowest BCUT2D eigenvalue weighted by atomic mass is 10.1. The minimum absolute atomic E-state index is 0.355. The monoisotopic (exact) mass is 415 g/mol. The van der Waals surface area contributed by atoms with E-state index in [9.17, 15) is 4.79 Å². The number of ether oxygens (including phenoxy) is 3. The van der Waals surface area contributed by atoms with Gasteiger partial charge < -0.3 is 19.9 Å². The molecule has 0 aliphatic heterocycles. The van der Waals surface area contributed by atoms with Gasteiger partial charge in [-0.2, -0.15) is 5.10 Å². The zero-order valence-electron chi connectivity index (χ0n) is 16.2. The summed E-state index contributed by atoms with van der Waals surface area (Å²) < 4.78 is 18.3. The first-order valence-electron chi connectivity index (χ1n) is 9.09. The quantitative estimate of drug-likeness (QED) is 0.574. The van der Waals surface area contributed by atoms with Crippen molar-refractivity contribution in [3.05, 3.63) is 59.1 Å². The molecule has 0 radical (unpaired) electrons. The van der Waals surface area contributed by atoms with E-state index in [0.29, 0.717) is 47.7 Å². The molecule has 8 heteroatoms. The molecule has 1 aromatic heterocycles. The highest BCUT2D eigenvalue weighted by Crippen LogP contribution is 2.29. The minimum Gasteiger partial charge on any atom is -0.497 e. The fourth-order valence-corrected chi connectivity index (χ4v) is 2.96. The van der Waals surface area contributed by atoms with Gasteiger partial charge in [0, 0.05) is 23.3 Å². The van der Waals surface area contributed by atoms with Gasteiger partial charge in [0.25, 0.3) is 0 Å². The van der Waals surface area contributed by atoms with Gasteiger partial charge in [0.05, 0.1) is 31.0 Å². The van der Waals surface area contributed by atoms with Gasteiger partial charge in [0.1, 0.15) is 18.1 Å². The molecule has 0 saturated carbocycles. The van der Waals surface area contributed by atoms with E-state index >= 15 is 0 Å². The second-order valence-electron chi connectivity index (χ2n) is 6.11. The third kappa shape index (κ3) is 5.00. The van der Waals surface area contributed by atoms with Gasteiger partial charge in [0.15, 0.2) is 0 Å². The molecule has 7 nitrogen and oxygen atoms in total. The highest BCUT2D eigenvalue weighted by Gasteiger charge is 2.12. The molecule has 0 fully saturated rings. The molecule has 0 bridgehead atoms. The first-order chi connectivity index (χ1) is 14.0. The summed E-state index contributed by atoms with van der Waals surface area (Å²) >= 11 is 6.21. The molecule has 1 amide bonds. The van der Waals surface area contributed by atoms with Crippen LogP contribution in [-0.2, 0) is 6.54 Å². The number of benzene rings is 2. The van der Waals surface area contributed by atoms with Crippen molar-refractivity contribution in [1.82, 2.24) is 9.78 Å². The normalized spacial score (nSPS) is 10.6. The van der Waals surface area contributed by atoms with Crippen LogP contribution in [0.5, 0.6) is 17.4 Å². The van der Waals surface area contributed by atoms with Gasteiger partial charge in [-0.25, -0.2) is 4.68 Å². The molecule has 3 rings (SSSR count). The number of halogens is 1. The standard InChI is InChI=1S/C21H22ClN3O4/c1-3-28-20-13-18(14-4-6-15(7-5-14)21(23)26)24-25(20)10-11-29-19-9-8-16(27-2)12-17(19)22/h4-9,12-13H,3,10-11H2,1-2H3,(H2,23,26). The first-order valence-corrected chi connectivity index (χ1v) is 9.47. The molecule has 2 N–H and O–H groups in total. The zero-order valence-corrected chi connectivity index (χ0v) is 17.0. The van der Waals surface area contributed by atoms with Crippen molar-refractivity contribution in [1.29, 1.82) is 0 Å². The molecule has 3 aromatic rings. The number of rotatable bonds is 9. The van der Waals surface area contributed by atoms with Crippen molar-refractivity contribution < 1.29 is 19.0 Å². The summed E-state index contributed by atoms with van der Waals surface area (Å²) in [5.74, 6) is 1.40. The van der Waals surface area contributed by atoms with Gasteiger partial charge in [-0.3, -0.25) is 4.79 Å². The van der Waals surface area contributed by atoms with E-state index in [1.165, 1.54) is 0 Å². The number of hydrogen-bond donors (Lipinski definition) is 1. The van der Waals surface area contributed by atoms with Crippen LogP contribution < -0.4 is 19.9 Å². The van der Waals surface area contributed by atoms with Crippen LogP contribution in [0.4, 0.5) is 0 Å². The Kier molecular flexibility index (Phi) is 6.61. The van der Waals surface area contributed by atoms with Crippen molar-refractivity contribution in [3.8, 4) is 28.6 Å². The molecule has 0 saturated heterocycles. The van der Waals surface area contributed by atoms with Crippen LogP contribution in [-0.4, -0.2) is 36.0 Å². The highest BCUT2D eigenvalue weighted by molar-refractivity contribution is 6.32. The average molecular weight is 416 g/mol. The Hall–Kier alpha value is -3.19. The fourth-order valence-electron chi connectivity index (χ4n) is 2.74. The maximum Gasteiger partial charge on any atom is 0.248 e. The zero-order chi connectivity index (χ0) is 20.8. The summed E-state index contributed by atoms with van der Waals surface area (Å²) in [6.07, 6.45) is 0. The van der Waals surface area contributed by atoms with Crippen molar-refractivity contribution in [3.63, 3.8) is 0 Å². The first kappa shape index (κ1) is 20.5. The Morgan fingerprint density at radius 3 is 2.52 bits per heavy atom. The second-order valence-corrected chi connectivity index (χ2v) is 6.52. The van der Waals surface area contributed by atoms with E-state index in [4.69, 9.17) is 31.5 Å². The molecule has 152 valence electrons. The number of methoxy groups -OCH3 is 1. The lowest BCUT2D eigenvalue weighted by molar-refractivity contribution is 0.100. The number of nitrogens with zero attached hydrogens (tertiary/aromatic N) is 2. The van der Waals surface area contributed by atoms with Crippen LogP contribution in [0.15, 0.2) is 48.5 Å². The number of primary amides is 1. The van der Waals surface area contributed by atoms with Crippen molar-refractivity contribution in [2.75, 3.05) is 20.3 Å². The minimum atomic E-state index is -0.466. The van der Waals surface area contributed by atoms with Crippen LogP contribution in [0.25, 0.3) is 11.3 Å². The fraction of sp³-hybridized carbons (Fsp3) is 0.238. The molecular formula is C21H22ClN3O4. The van der Waals surface area contributed by atoms with Crippen molar-refractivity contribution >= 4 is 17.5 Å². The average Bonchev–Trinajstić information content (AvgIpc) is 3.12. The van der Waals surface area contributed by atoms with Gasteiger partial charge in [-0.05, 0) is 31.2 Å². The number of aromatic nitrogens is 2. The number of hydrogen-bond acceptors (Lipinski definition) is 5. The van der Waals surface area contributed by atoms with Crippen LogP contribution in [0.1, 0.15) is 17.3 Å². The van der Waals surface area contributed by atoms with Crippen LogP contribution >= 0.6 is 11.6 Å². The Bertz CT molecular complexity index is 986. The van der Waals surface area contributed by atoms with Crippen LogP contribution in [0, 0.1) is 0 Å². The Morgan fingerprint density at radius 1 is 1.14 bits per heavy atom. The summed E-state index contributed by atoms with van der Waals surface area (Å²) in [6.45, 7) is 3.24. The van der Waals surface area contributed by atoms with Crippen molar-refractivity contribution in [2.45, 2.75) is 13.5 Å². The number of carbonyl (C=O) groups is 1. The topological polar surface area (TPSA) is 88.6 Å². The predicted molar refractivity (Wildman–Crippen MR) is 111 cm³/mol. The molecule has 1 heterocycles. The summed E-state index contributed by atoms with van der Waals surface area (Å²) in [5, 5.41) is 5.07. The summed E-state index contributed by atoms with van der Waals surface area (Å²) in [5.41, 5.74) is 7.32. The molecule has 0 spiro atoms. The summed E-state index contributed by atoms with van der Waals surface area (Å²) in [6, 6.07) is 14.0. The summed E-state index contributed by atoms with van der Waals surface area (Å²) in [4.78, 5) is 11.2. The largest absolute Gasteiger partial charge is 0.497 e. The molecule has 0 unspecified atom stereocenters. The summed E-state index contributed by atoms with van der Waals surface area (Å²) in [7, 11) is 1.58. The van der Waals surface area contributed by atoms with E-state index in [0.717, 1.165) is 11.3 Å². The van der Waals surface area contributed by atoms with Gasteiger partial charge in [-0.15, -0.1) is 0 Å². The Balaban J connectivity index is 1.72. The predicted octanol–water partition coefficient (Wildman–Crippen LogP) is 3.79. The van der Waals surface area contributed by atoms with E-state index in [-0.39, 0.29) is 0 Å². The SMILES string of the molecule is CCOc1cc(-c2ccc(C(N)=O)cc2)nn1CCOc1ccc(OC)cc1Cl. The molecular weight excluding hydrogens is 394 g/mol. The lowest BCUT2D eigenvalue weighted by Crippen LogP contribution is -2.12. The number of carbonyl (C=O) groups excluding carboxylic acids is 1. The third-order valence-corrected chi connectivity index (χ3v) is 4.50. The van der Waals surface area contributed by atoms with Crippen LogP contribution in [0.2, 0.25) is 5.02 Å². The van der Waals surface area contributed by atoms with E-state index in [1.54, 1.807) is 54.3 Å².